The van der Waals surface area contributed by atoms with Gasteiger partial charge in [0.15, 0.2) is 0 Å². The number of carbonyl (C=O) groups is 1. The van der Waals surface area contributed by atoms with Crippen molar-refractivity contribution in [1.29, 1.82) is 0 Å². The molecule has 16 nitrogen and oxygen atoms in total. The molecule has 0 bridgehead atoms. The Hall–Kier alpha value is -0.0100. The molecule has 20 heteroatoms. The van der Waals surface area contributed by atoms with Gasteiger partial charge >= 0.3 is 30.4 Å². The molecule has 0 aromatic carbocycles. The molecule has 0 saturated heterocycles. The molecular formula is C14H33NO15P4. The maximum atomic E-state index is 11.7. The number of nitrogens with one attached hydrogen (secondary N) is 1. The van der Waals surface area contributed by atoms with Crippen LogP contribution in [0.1, 0.15) is 64.2 Å². The van der Waals surface area contributed by atoms with E-state index in [-0.39, 0.29) is 13.0 Å². The first kappa shape index (κ1) is 34.0. The predicted octanol–water partition coefficient (Wildman–Crippen LogP) is 0.00660. The monoisotopic (exact) mass is 579 g/mol. The Balaban J connectivity index is 4.15. The van der Waals surface area contributed by atoms with Crippen molar-refractivity contribution in [3.8, 4) is 0 Å². The molecule has 0 unspecified atom stereocenters. The van der Waals surface area contributed by atoms with Crippen LogP contribution in [-0.4, -0.2) is 72.0 Å². The normalized spacial score (nSPS) is 14.3. The minimum absolute atomic E-state index is 0.0294. The summed E-state index contributed by atoms with van der Waals surface area (Å²) in [6.07, 6.45) is 0.658. The van der Waals surface area contributed by atoms with Gasteiger partial charge in [0.1, 0.15) is 0 Å². The van der Waals surface area contributed by atoms with Crippen LogP contribution in [0.25, 0.3) is 0 Å². The second-order valence-corrected chi connectivity index (χ2v) is 15.8. The van der Waals surface area contributed by atoms with Crippen molar-refractivity contribution in [3.05, 3.63) is 0 Å². The molecule has 0 radical (unpaired) electrons. The third-order valence-corrected chi connectivity index (χ3v) is 12.8. The Morgan fingerprint density at radius 2 is 0.882 bits per heavy atom. The number of carbonyl (C=O) groups excluding carboxylic acids is 1. The van der Waals surface area contributed by atoms with Gasteiger partial charge in [-0.3, -0.25) is 23.1 Å². The van der Waals surface area contributed by atoms with Gasteiger partial charge in [0.25, 0.3) is 10.2 Å². The lowest BCUT2D eigenvalue weighted by molar-refractivity contribution is -0.121. The lowest BCUT2D eigenvalue weighted by atomic mass is 10.1. The van der Waals surface area contributed by atoms with E-state index in [0.717, 1.165) is 0 Å². The number of aliphatic hydroxyl groups is 2. The number of amides is 1. The second kappa shape index (κ2) is 13.0. The predicted molar refractivity (Wildman–Crippen MR) is 117 cm³/mol. The molecule has 0 saturated carbocycles. The molecule has 0 aromatic rings. The summed E-state index contributed by atoms with van der Waals surface area (Å²) in [5, 5.41) is 14.8. The second-order valence-electron chi connectivity index (χ2n) is 7.80. The topological polar surface area (TPSA) is 300 Å². The molecule has 0 spiro atoms. The van der Waals surface area contributed by atoms with Gasteiger partial charge in [-0.1, -0.05) is 32.1 Å². The standard InChI is InChI=1S/C14H33NO15P4/c16-12(8-10-14(18,33(25,26)27)34(28,29)30)15-11-7-5-3-1-2-4-6-9-13(17,31(19,20)21)32(22,23)24/h17-18H,1-11H2,(H,15,16)(H2,19,20,21)(H2,22,23,24)(H2,25,26,27)(H2,28,29,30). The fraction of sp³-hybridized carbons (Fsp3) is 0.929. The van der Waals surface area contributed by atoms with Gasteiger partial charge in [0, 0.05) is 19.4 Å². The van der Waals surface area contributed by atoms with Crippen molar-refractivity contribution in [2.75, 3.05) is 6.54 Å². The van der Waals surface area contributed by atoms with Crippen LogP contribution < -0.4 is 5.32 Å². The molecule has 11 N–H and O–H groups in total. The molecular weight excluding hydrogens is 546 g/mol. The van der Waals surface area contributed by atoms with Crippen LogP contribution in [-0.2, 0) is 23.1 Å². The minimum atomic E-state index is -5.62. The quantitative estimate of drug-likeness (QED) is 0.0798. The average molecular weight is 579 g/mol. The smallest absolute Gasteiger partial charge is 0.368 e. The Labute approximate surface area is 195 Å². The van der Waals surface area contributed by atoms with E-state index in [1.54, 1.807) is 0 Å². The largest absolute Gasteiger partial charge is 0.369 e. The van der Waals surface area contributed by atoms with Crippen LogP contribution in [0.4, 0.5) is 0 Å². The molecule has 0 fully saturated rings. The van der Waals surface area contributed by atoms with Gasteiger partial charge in [-0.15, -0.1) is 0 Å². The number of rotatable bonds is 17. The van der Waals surface area contributed by atoms with Crippen LogP contribution >= 0.6 is 30.4 Å². The van der Waals surface area contributed by atoms with E-state index in [9.17, 15) is 33.3 Å². The van der Waals surface area contributed by atoms with Gasteiger partial charge in [-0.05, 0) is 19.3 Å². The van der Waals surface area contributed by atoms with Crippen molar-refractivity contribution in [2.24, 2.45) is 0 Å². The highest BCUT2D eigenvalue weighted by Crippen LogP contribution is 2.70. The molecule has 34 heavy (non-hydrogen) atoms. The van der Waals surface area contributed by atoms with Gasteiger partial charge in [-0.25, -0.2) is 0 Å². The Morgan fingerprint density at radius 1 is 0.559 bits per heavy atom. The molecule has 0 aliphatic rings. The van der Waals surface area contributed by atoms with Crippen molar-refractivity contribution in [3.63, 3.8) is 0 Å². The van der Waals surface area contributed by atoms with Crippen molar-refractivity contribution in [2.45, 2.75) is 74.4 Å². The molecule has 0 aliphatic heterocycles. The van der Waals surface area contributed by atoms with Gasteiger partial charge in [0.05, 0.1) is 0 Å². The minimum Gasteiger partial charge on any atom is -0.368 e. The summed E-state index contributed by atoms with van der Waals surface area (Å²) in [5.74, 6) is -0.775. The van der Waals surface area contributed by atoms with Crippen molar-refractivity contribution >= 4 is 36.3 Å². The SMILES string of the molecule is O=C(CCC(O)(P(=O)(O)O)P(=O)(O)O)NCCCCCCCCCC(O)(P(=O)(O)O)P(=O)(O)O. The molecule has 0 aromatic heterocycles. The van der Waals surface area contributed by atoms with E-state index in [1.807, 2.05) is 0 Å². The Morgan fingerprint density at radius 3 is 1.26 bits per heavy atom. The van der Waals surface area contributed by atoms with Crippen LogP contribution in [0, 0.1) is 0 Å². The van der Waals surface area contributed by atoms with E-state index < -0.39 is 65.7 Å². The highest BCUT2D eigenvalue weighted by molar-refractivity contribution is 7.72. The summed E-state index contributed by atoms with van der Waals surface area (Å²) in [5.41, 5.74) is 0. The molecule has 1 amide bonds. The van der Waals surface area contributed by atoms with Gasteiger partial charge in [-0.2, -0.15) is 0 Å². The van der Waals surface area contributed by atoms with Gasteiger partial charge in [0.2, 0.25) is 5.91 Å². The summed E-state index contributed by atoms with van der Waals surface area (Å²) >= 11 is 0. The van der Waals surface area contributed by atoms with E-state index in [4.69, 9.17) is 39.1 Å². The molecule has 204 valence electrons. The van der Waals surface area contributed by atoms with Crippen LogP contribution in [0.3, 0.4) is 0 Å². The zero-order valence-corrected chi connectivity index (χ0v) is 21.7. The third kappa shape index (κ3) is 9.80. The van der Waals surface area contributed by atoms with E-state index >= 15 is 0 Å². The molecule has 0 atom stereocenters. The first-order chi connectivity index (χ1) is 15.1. The van der Waals surface area contributed by atoms with Crippen LogP contribution in [0.5, 0.6) is 0 Å². The van der Waals surface area contributed by atoms with Crippen LogP contribution in [0.15, 0.2) is 0 Å². The van der Waals surface area contributed by atoms with E-state index in [2.05, 4.69) is 5.32 Å². The van der Waals surface area contributed by atoms with Gasteiger partial charge < -0.3 is 54.7 Å². The summed E-state index contributed by atoms with van der Waals surface area (Å²) < 4.78 is 44.9. The third-order valence-electron chi connectivity index (χ3n) is 5.06. The lowest BCUT2D eigenvalue weighted by Crippen LogP contribution is -2.32. The highest BCUT2D eigenvalue weighted by Gasteiger charge is 2.59. The highest BCUT2D eigenvalue weighted by atomic mass is 31.2. The Kier molecular flexibility index (Phi) is 13.0. The number of hydrogen-bond acceptors (Lipinski definition) is 7. The fourth-order valence-electron chi connectivity index (χ4n) is 2.89. The lowest BCUT2D eigenvalue weighted by Gasteiger charge is -2.29. The van der Waals surface area contributed by atoms with Crippen LogP contribution in [0.2, 0.25) is 0 Å². The summed E-state index contributed by atoms with van der Waals surface area (Å²) in [7, 11) is -22.2. The zero-order valence-electron chi connectivity index (χ0n) is 18.1. The van der Waals surface area contributed by atoms with E-state index in [1.165, 1.54) is 0 Å². The summed E-state index contributed by atoms with van der Waals surface area (Å²) in [6.45, 7) is 0.153. The summed E-state index contributed by atoms with van der Waals surface area (Å²) in [6, 6.07) is 0. The van der Waals surface area contributed by atoms with Crippen molar-refractivity contribution < 1.29 is 72.4 Å². The maximum absolute atomic E-state index is 11.7. The zero-order chi connectivity index (χ0) is 27.1. The Bertz CT molecular complexity index is 811. The van der Waals surface area contributed by atoms with Crippen molar-refractivity contribution in [1.82, 2.24) is 5.32 Å². The maximum Gasteiger partial charge on any atom is 0.369 e. The summed E-state index contributed by atoms with van der Waals surface area (Å²) in [4.78, 5) is 83.9. The average Bonchev–Trinajstić information content (AvgIpc) is 2.63. The molecule has 0 heterocycles. The molecule has 0 rings (SSSR count). The first-order valence-corrected chi connectivity index (χ1v) is 16.5. The molecule has 0 aliphatic carbocycles. The van der Waals surface area contributed by atoms with E-state index in [0.29, 0.717) is 38.5 Å². The first-order valence-electron chi connectivity index (χ1n) is 10.0. The number of unbranched alkanes of at least 4 members (excludes halogenated alkanes) is 6. The number of hydrogen-bond donors (Lipinski definition) is 11. The fourth-order valence-corrected chi connectivity index (χ4v) is 7.31.